The molecule has 0 unspecified atom stereocenters. The number of nitrogens with one attached hydrogen (secondary N) is 1. The summed E-state index contributed by atoms with van der Waals surface area (Å²) in [7, 11) is 1.59. The Kier molecular flexibility index (Phi) is 4.07. The molecule has 2 aromatic rings. The molecular weight excluding hydrogens is 340 g/mol. The van der Waals surface area contributed by atoms with E-state index in [2.05, 4.69) is 10.3 Å². The molecular formula is C18H14N2O4S. The first-order valence-corrected chi connectivity index (χ1v) is 8.37. The second-order valence-corrected chi connectivity index (χ2v) is 6.30. The lowest BCUT2D eigenvalue weighted by Crippen LogP contribution is -2.19. The molecule has 1 amide bonds. The first kappa shape index (κ1) is 15.6. The maximum atomic E-state index is 12.2. The average molecular weight is 354 g/mol. The molecule has 0 aromatic heterocycles. The lowest BCUT2D eigenvalue weighted by atomic mass is 10.2. The van der Waals surface area contributed by atoms with E-state index in [4.69, 9.17) is 14.2 Å². The number of carbonyl (C=O) groups is 1. The largest absolute Gasteiger partial charge is 0.494 e. The quantitative estimate of drug-likeness (QED) is 0.857. The third-order valence-corrected chi connectivity index (χ3v) is 4.56. The van der Waals surface area contributed by atoms with Crippen LogP contribution in [0.5, 0.6) is 17.2 Å². The lowest BCUT2D eigenvalue weighted by Gasteiger charge is -2.03. The number of hydrogen-bond donors (Lipinski definition) is 1. The molecule has 4 rings (SSSR count). The standard InChI is InChI=1S/C18H14N2O4S/c1-22-13-5-3-2-4-12(13)19-18-20-17(21)16(25-18)9-11-6-7-14-15(8-11)24-10-23-14/h2-9H,10H2,1H3,(H,19,20,21)/b16-9-. The molecule has 0 spiro atoms. The number of thioether (sulfide) groups is 1. The summed E-state index contributed by atoms with van der Waals surface area (Å²) in [5.41, 5.74) is 1.53. The van der Waals surface area contributed by atoms with Crippen LogP contribution < -0.4 is 19.5 Å². The van der Waals surface area contributed by atoms with Crippen molar-refractivity contribution in [1.29, 1.82) is 0 Å². The van der Waals surface area contributed by atoms with E-state index >= 15 is 0 Å². The Morgan fingerprint density at radius 3 is 2.92 bits per heavy atom. The highest BCUT2D eigenvalue weighted by atomic mass is 32.2. The van der Waals surface area contributed by atoms with E-state index in [1.165, 1.54) is 11.8 Å². The van der Waals surface area contributed by atoms with Gasteiger partial charge in [-0.15, -0.1) is 0 Å². The SMILES string of the molecule is COc1ccccc1N=C1NC(=O)/C(=C/c2ccc3c(c2)OCO3)S1. The fourth-order valence-electron chi connectivity index (χ4n) is 2.47. The van der Waals surface area contributed by atoms with Gasteiger partial charge in [-0.2, -0.15) is 0 Å². The maximum absolute atomic E-state index is 12.2. The van der Waals surface area contributed by atoms with Crippen LogP contribution in [-0.2, 0) is 4.79 Å². The molecule has 6 nitrogen and oxygen atoms in total. The number of hydrogen-bond acceptors (Lipinski definition) is 6. The number of benzene rings is 2. The third kappa shape index (κ3) is 3.18. The molecule has 25 heavy (non-hydrogen) atoms. The van der Waals surface area contributed by atoms with Crippen LogP contribution in [0.15, 0.2) is 52.4 Å². The number of rotatable bonds is 3. The number of amidine groups is 1. The van der Waals surface area contributed by atoms with E-state index in [0.717, 1.165) is 5.56 Å². The first-order valence-electron chi connectivity index (χ1n) is 7.55. The van der Waals surface area contributed by atoms with Crippen molar-refractivity contribution in [1.82, 2.24) is 5.32 Å². The molecule has 0 bridgehead atoms. The van der Waals surface area contributed by atoms with E-state index in [1.54, 1.807) is 13.2 Å². The number of carbonyl (C=O) groups excluding carboxylic acids is 1. The Bertz CT molecular complexity index is 908. The molecule has 0 saturated carbocycles. The van der Waals surface area contributed by atoms with Gasteiger partial charge in [-0.25, -0.2) is 4.99 Å². The monoisotopic (exact) mass is 354 g/mol. The average Bonchev–Trinajstić information content (AvgIpc) is 3.22. The number of para-hydroxylation sites is 2. The number of ether oxygens (including phenoxy) is 3. The van der Waals surface area contributed by atoms with Gasteiger partial charge in [0.15, 0.2) is 16.7 Å². The zero-order valence-corrected chi connectivity index (χ0v) is 14.1. The molecule has 2 heterocycles. The van der Waals surface area contributed by atoms with Gasteiger partial charge in [-0.05, 0) is 47.7 Å². The van der Waals surface area contributed by atoms with E-state index in [1.807, 2.05) is 42.5 Å². The highest BCUT2D eigenvalue weighted by molar-refractivity contribution is 8.18. The Hall–Kier alpha value is -2.93. The maximum Gasteiger partial charge on any atom is 0.264 e. The van der Waals surface area contributed by atoms with Gasteiger partial charge < -0.3 is 19.5 Å². The van der Waals surface area contributed by atoms with Gasteiger partial charge in [0.05, 0.1) is 12.0 Å². The summed E-state index contributed by atoms with van der Waals surface area (Å²) in [5, 5.41) is 3.29. The molecule has 1 N–H and O–H groups in total. The van der Waals surface area contributed by atoms with Crippen molar-refractivity contribution < 1.29 is 19.0 Å². The van der Waals surface area contributed by atoms with Crippen molar-refractivity contribution in [2.75, 3.05) is 13.9 Å². The number of amides is 1. The van der Waals surface area contributed by atoms with Crippen LogP contribution in [0.4, 0.5) is 5.69 Å². The minimum absolute atomic E-state index is 0.184. The van der Waals surface area contributed by atoms with Crippen LogP contribution in [0.1, 0.15) is 5.56 Å². The van der Waals surface area contributed by atoms with E-state index in [-0.39, 0.29) is 12.7 Å². The van der Waals surface area contributed by atoms with Crippen molar-refractivity contribution in [2.24, 2.45) is 4.99 Å². The molecule has 2 aliphatic rings. The Morgan fingerprint density at radius 1 is 1.20 bits per heavy atom. The summed E-state index contributed by atoms with van der Waals surface area (Å²) in [5.74, 6) is 1.86. The van der Waals surface area contributed by atoms with Crippen LogP contribution in [0, 0.1) is 0 Å². The Balaban J connectivity index is 1.59. The lowest BCUT2D eigenvalue weighted by molar-refractivity contribution is -0.115. The van der Waals surface area contributed by atoms with Gasteiger partial charge in [0.1, 0.15) is 11.4 Å². The van der Waals surface area contributed by atoms with Crippen molar-refractivity contribution in [3.63, 3.8) is 0 Å². The summed E-state index contributed by atoms with van der Waals surface area (Å²) in [6.45, 7) is 0.223. The molecule has 126 valence electrons. The van der Waals surface area contributed by atoms with Crippen LogP contribution >= 0.6 is 11.8 Å². The van der Waals surface area contributed by atoms with Crippen molar-refractivity contribution in [3.05, 3.63) is 52.9 Å². The van der Waals surface area contributed by atoms with Gasteiger partial charge in [0.25, 0.3) is 5.91 Å². The van der Waals surface area contributed by atoms with Gasteiger partial charge in [0.2, 0.25) is 6.79 Å². The van der Waals surface area contributed by atoms with Crippen molar-refractivity contribution >= 4 is 34.6 Å². The number of nitrogens with zero attached hydrogens (tertiary/aromatic N) is 1. The van der Waals surface area contributed by atoms with Crippen LogP contribution in [0.3, 0.4) is 0 Å². The minimum atomic E-state index is -0.184. The second kappa shape index (κ2) is 6.52. The zero-order valence-electron chi connectivity index (χ0n) is 13.3. The van der Waals surface area contributed by atoms with E-state index in [0.29, 0.717) is 33.0 Å². The van der Waals surface area contributed by atoms with Gasteiger partial charge >= 0.3 is 0 Å². The number of aliphatic imine (C=N–C) groups is 1. The van der Waals surface area contributed by atoms with Crippen LogP contribution in [-0.4, -0.2) is 25.0 Å². The second-order valence-electron chi connectivity index (χ2n) is 5.27. The minimum Gasteiger partial charge on any atom is -0.494 e. The summed E-state index contributed by atoms with van der Waals surface area (Å²) < 4.78 is 15.9. The number of fused-ring (bicyclic) bond motifs is 1. The third-order valence-electron chi connectivity index (χ3n) is 3.65. The van der Waals surface area contributed by atoms with Gasteiger partial charge in [-0.3, -0.25) is 4.79 Å². The Morgan fingerprint density at radius 2 is 2.04 bits per heavy atom. The molecule has 0 aliphatic carbocycles. The topological polar surface area (TPSA) is 69.2 Å². The van der Waals surface area contributed by atoms with Gasteiger partial charge in [-0.1, -0.05) is 18.2 Å². The van der Waals surface area contributed by atoms with Crippen LogP contribution in [0.25, 0.3) is 6.08 Å². The van der Waals surface area contributed by atoms with Gasteiger partial charge in [0, 0.05) is 0 Å². The summed E-state index contributed by atoms with van der Waals surface area (Å²) >= 11 is 1.28. The normalized spacial score (nSPS) is 18.7. The summed E-state index contributed by atoms with van der Waals surface area (Å²) in [4.78, 5) is 17.2. The molecule has 0 radical (unpaired) electrons. The van der Waals surface area contributed by atoms with Crippen molar-refractivity contribution in [2.45, 2.75) is 0 Å². The highest BCUT2D eigenvalue weighted by Gasteiger charge is 2.24. The Labute approximate surface area is 148 Å². The fourth-order valence-corrected chi connectivity index (χ4v) is 3.30. The molecule has 2 aromatic carbocycles. The zero-order chi connectivity index (χ0) is 17.2. The molecule has 1 saturated heterocycles. The number of methoxy groups -OCH3 is 1. The van der Waals surface area contributed by atoms with E-state index < -0.39 is 0 Å². The molecule has 0 atom stereocenters. The van der Waals surface area contributed by atoms with E-state index in [9.17, 15) is 4.79 Å². The molecule has 7 heteroatoms. The predicted octanol–water partition coefficient (Wildman–Crippen LogP) is 3.32. The highest BCUT2D eigenvalue weighted by Crippen LogP contribution is 2.35. The molecule has 2 aliphatic heterocycles. The summed E-state index contributed by atoms with van der Waals surface area (Å²) in [6, 6.07) is 12.9. The first-order chi connectivity index (χ1) is 12.2. The predicted molar refractivity (Wildman–Crippen MR) is 96.4 cm³/mol. The smallest absolute Gasteiger partial charge is 0.264 e. The summed E-state index contributed by atoms with van der Waals surface area (Å²) in [6.07, 6.45) is 1.80. The molecule has 1 fully saturated rings. The van der Waals surface area contributed by atoms with Crippen molar-refractivity contribution in [3.8, 4) is 17.2 Å². The van der Waals surface area contributed by atoms with Crippen LogP contribution in [0.2, 0.25) is 0 Å². The fraction of sp³-hybridized carbons (Fsp3) is 0.111.